The van der Waals surface area contributed by atoms with Crippen molar-refractivity contribution in [3.63, 3.8) is 0 Å². The van der Waals surface area contributed by atoms with Crippen LogP contribution in [0, 0.1) is 6.92 Å². The van der Waals surface area contributed by atoms with Gasteiger partial charge in [-0.1, -0.05) is 66.7 Å². The molecule has 0 radical (unpaired) electrons. The zero-order valence-corrected chi connectivity index (χ0v) is 14.6. The van der Waals surface area contributed by atoms with E-state index in [1.54, 1.807) is 0 Å². The Kier molecular flexibility index (Phi) is 3.95. The van der Waals surface area contributed by atoms with E-state index in [9.17, 15) is 0 Å². The van der Waals surface area contributed by atoms with Crippen LogP contribution in [-0.4, -0.2) is 4.57 Å². The predicted molar refractivity (Wildman–Crippen MR) is 103 cm³/mol. The van der Waals surface area contributed by atoms with E-state index in [1.807, 2.05) is 0 Å². The van der Waals surface area contributed by atoms with Gasteiger partial charge in [0.25, 0.3) is 5.82 Å². The Balaban J connectivity index is 1.96. The Morgan fingerprint density at radius 3 is 2.12 bits per heavy atom. The molecule has 0 aliphatic rings. The molecule has 0 spiro atoms. The molecule has 25 heavy (non-hydrogen) atoms. The van der Waals surface area contributed by atoms with Crippen molar-refractivity contribution in [2.45, 2.75) is 6.92 Å². The number of benzene rings is 3. The Bertz CT molecular complexity index is 1010. The molecule has 1 aromatic heterocycles. The summed E-state index contributed by atoms with van der Waals surface area (Å²) in [6, 6.07) is 27.7. The minimum Gasteiger partial charge on any atom is -0.232 e. The molecule has 0 aliphatic heterocycles. The third-order valence-corrected chi connectivity index (χ3v) is 4.64. The number of aryl methyl sites for hydroxylation is 2. The molecule has 0 atom stereocenters. The van der Waals surface area contributed by atoms with Gasteiger partial charge in [-0.25, -0.2) is 4.57 Å². The molecule has 4 aromatic rings. The van der Waals surface area contributed by atoms with Gasteiger partial charge >= 0.3 is 0 Å². The lowest BCUT2D eigenvalue weighted by atomic mass is 10.0. The first-order chi connectivity index (χ1) is 12.3. The lowest BCUT2D eigenvalue weighted by molar-refractivity contribution is -0.659. The molecular weight excluding hydrogens is 304 g/mol. The maximum absolute atomic E-state index is 2.28. The maximum Gasteiger partial charge on any atom is 0.294 e. The summed E-state index contributed by atoms with van der Waals surface area (Å²) in [5.41, 5.74) is 6.17. The van der Waals surface area contributed by atoms with E-state index < -0.39 is 0 Å². The smallest absolute Gasteiger partial charge is 0.232 e. The number of nitrogens with zero attached hydrogens (tertiary/aromatic N) is 2. The largest absolute Gasteiger partial charge is 0.294 e. The number of para-hydroxylation sites is 1. The quantitative estimate of drug-likeness (QED) is 0.472. The van der Waals surface area contributed by atoms with E-state index in [1.165, 1.54) is 33.8 Å². The van der Waals surface area contributed by atoms with Gasteiger partial charge in [0.05, 0.1) is 12.6 Å². The zero-order valence-electron chi connectivity index (χ0n) is 14.6. The maximum atomic E-state index is 2.28. The molecule has 0 saturated heterocycles. The van der Waals surface area contributed by atoms with Crippen LogP contribution in [0.15, 0.2) is 91.3 Å². The fourth-order valence-corrected chi connectivity index (χ4v) is 3.36. The summed E-state index contributed by atoms with van der Waals surface area (Å²) >= 11 is 0. The van der Waals surface area contributed by atoms with Crippen molar-refractivity contribution in [3.05, 3.63) is 96.8 Å². The molecule has 1 heterocycles. The van der Waals surface area contributed by atoms with Crippen LogP contribution in [-0.2, 0) is 7.05 Å². The van der Waals surface area contributed by atoms with Gasteiger partial charge in [0.2, 0.25) is 0 Å². The van der Waals surface area contributed by atoms with Crippen molar-refractivity contribution < 1.29 is 4.57 Å². The normalized spacial score (nSPS) is 10.8. The Labute approximate surface area is 148 Å². The first kappa shape index (κ1) is 15.4. The van der Waals surface area contributed by atoms with E-state index in [2.05, 4.69) is 114 Å². The highest BCUT2D eigenvalue weighted by atomic mass is 15.1. The predicted octanol–water partition coefficient (Wildman–Crippen LogP) is 4.94. The van der Waals surface area contributed by atoms with Gasteiger partial charge in [-0.15, -0.1) is 0 Å². The first-order valence-corrected chi connectivity index (χ1v) is 8.53. The highest BCUT2D eigenvalue weighted by Crippen LogP contribution is 2.30. The van der Waals surface area contributed by atoms with E-state index in [4.69, 9.17) is 0 Å². The molecule has 2 heteroatoms. The van der Waals surface area contributed by atoms with Crippen LogP contribution >= 0.6 is 0 Å². The molecule has 0 bridgehead atoms. The van der Waals surface area contributed by atoms with Crippen LogP contribution in [0.25, 0.3) is 28.2 Å². The summed E-state index contributed by atoms with van der Waals surface area (Å²) in [6.07, 6.45) is 4.26. The van der Waals surface area contributed by atoms with Crippen LogP contribution in [0.1, 0.15) is 5.56 Å². The second-order valence-electron chi connectivity index (χ2n) is 6.30. The summed E-state index contributed by atoms with van der Waals surface area (Å²) in [4.78, 5) is 0. The minimum atomic E-state index is 1.18. The van der Waals surface area contributed by atoms with Gasteiger partial charge < -0.3 is 0 Å². The summed E-state index contributed by atoms with van der Waals surface area (Å²) < 4.78 is 4.47. The summed E-state index contributed by atoms with van der Waals surface area (Å²) in [5.74, 6) is 1.18. The lowest BCUT2D eigenvalue weighted by Gasteiger charge is -2.10. The fourth-order valence-electron chi connectivity index (χ4n) is 3.36. The van der Waals surface area contributed by atoms with Gasteiger partial charge in [-0.05, 0) is 30.2 Å². The van der Waals surface area contributed by atoms with Crippen molar-refractivity contribution in [2.24, 2.45) is 7.05 Å². The van der Waals surface area contributed by atoms with Gasteiger partial charge in [0.15, 0.2) is 0 Å². The third-order valence-electron chi connectivity index (χ3n) is 4.64. The Morgan fingerprint density at radius 2 is 1.36 bits per heavy atom. The van der Waals surface area contributed by atoms with Crippen molar-refractivity contribution in [1.82, 2.24) is 4.57 Å². The van der Waals surface area contributed by atoms with Crippen LogP contribution in [0.4, 0.5) is 0 Å². The number of hydrogen-bond acceptors (Lipinski definition) is 0. The summed E-state index contributed by atoms with van der Waals surface area (Å²) in [6.45, 7) is 2.16. The van der Waals surface area contributed by atoms with Gasteiger partial charge in [-0.3, -0.25) is 0 Å². The van der Waals surface area contributed by atoms with Gasteiger partial charge in [-0.2, -0.15) is 4.57 Å². The van der Waals surface area contributed by atoms with Crippen LogP contribution in [0.5, 0.6) is 0 Å². The molecule has 3 aromatic carbocycles. The average molecular weight is 325 g/mol. The standard InChI is InChI=1S/C23H21N2/c1-18-10-6-7-13-20(18)23-24(2)16-17-25(23)22-15-9-8-14-21(22)19-11-4-3-5-12-19/h3-17H,1-2H3/q+1. The number of aromatic nitrogens is 2. The van der Waals surface area contributed by atoms with E-state index in [-0.39, 0.29) is 0 Å². The second-order valence-corrected chi connectivity index (χ2v) is 6.30. The Morgan fingerprint density at radius 1 is 0.720 bits per heavy atom. The van der Waals surface area contributed by atoms with E-state index >= 15 is 0 Å². The van der Waals surface area contributed by atoms with E-state index in [0.717, 1.165) is 0 Å². The van der Waals surface area contributed by atoms with Gasteiger partial charge in [0.1, 0.15) is 18.1 Å². The monoisotopic (exact) mass is 325 g/mol. The van der Waals surface area contributed by atoms with Crippen molar-refractivity contribution in [2.75, 3.05) is 0 Å². The molecule has 0 N–H and O–H groups in total. The molecule has 0 aliphatic carbocycles. The van der Waals surface area contributed by atoms with Crippen molar-refractivity contribution in [3.8, 4) is 28.2 Å². The SMILES string of the molecule is Cc1ccccc1-c1n(-c2ccccc2-c2ccccc2)cc[n+]1C. The minimum absolute atomic E-state index is 1.18. The van der Waals surface area contributed by atoms with Crippen molar-refractivity contribution >= 4 is 0 Å². The van der Waals surface area contributed by atoms with Crippen LogP contribution in [0.3, 0.4) is 0 Å². The average Bonchev–Trinajstić information content (AvgIpc) is 3.04. The first-order valence-electron chi connectivity index (χ1n) is 8.53. The van der Waals surface area contributed by atoms with Crippen LogP contribution < -0.4 is 4.57 Å². The molecule has 0 unspecified atom stereocenters. The van der Waals surface area contributed by atoms with E-state index in [0.29, 0.717) is 0 Å². The van der Waals surface area contributed by atoms with Crippen LogP contribution in [0.2, 0.25) is 0 Å². The molecule has 0 saturated carbocycles. The molecule has 4 rings (SSSR count). The van der Waals surface area contributed by atoms with Crippen molar-refractivity contribution in [1.29, 1.82) is 0 Å². The zero-order chi connectivity index (χ0) is 17.2. The third kappa shape index (κ3) is 2.76. The van der Waals surface area contributed by atoms with Gasteiger partial charge in [0, 0.05) is 5.56 Å². The second kappa shape index (κ2) is 6.40. The molecule has 0 amide bonds. The molecule has 2 nitrogen and oxygen atoms in total. The number of hydrogen-bond donors (Lipinski definition) is 0. The number of rotatable bonds is 3. The topological polar surface area (TPSA) is 8.81 Å². The highest BCUT2D eigenvalue weighted by molar-refractivity contribution is 5.74. The fraction of sp³-hybridized carbons (Fsp3) is 0.0870. The molecular formula is C23H21N2+. The highest BCUT2D eigenvalue weighted by Gasteiger charge is 2.22. The molecule has 122 valence electrons. The summed E-state index contributed by atoms with van der Waals surface area (Å²) in [7, 11) is 2.10. The lowest BCUT2D eigenvalue weighted by Crippen LogP contribution is -2.29. The summed E-state index contributed by atoms with van der Waals surface area (Å²) in [5, 5.41) is 0. The Hall–Kier alpha value is -3.13. The molecule has 0 fully saturated rings. The number of imidazole rings is 1.